The second-order valence-corrected chi connectivity index (χ2v) is 8.30. The molecule has 1 saturated carbocycles. The zero-order valence-corrected chi connectivity index (χ0v) is 18.2. The largest absolute Gasteiger partial charge is 0.354 e. The highest BCUT2D eigenvalue weighted by Gasteiger charge is 2.28. The summed E-state index contributed by atoms with van der Waals surface area (Å²) in [5.41, 5.74) is 3.27. The molecule has 2 aromatic rings. The Kier molecular flexibility index (Phi) is 6.49. The van der Waals surface area contributed by atoms with Crippen LogP contribution in [0.5, 0.6) is 0 Å². The second kappa shape index (κ2) is 9.45. The molecule has 1 saturated heterocycles. The number of nitrogens with zero attached hydrogens (tertiary/aromatic N) is 7. The second-order valence-electron chi connectivity index (χ2n) is 7.90. The van der Waals surface area contributed by atoms with Crippen LogP contribution < -0.4 is 15.3 Å². The molecule has 0 radical (unpaired) electrons. The third-order valence-electron chi connectivity index (χ3n) is 5.76. The molecule has 0 atom stereocenters. The lowest BCUT2D eigenvalue weighted by atomic mass is 10.2. The van der Waals surface area contributed by atoms with Gasteiger partial charge in [-0.1, -0.05) is 30.5 Å². The average Bonchev–Trinajstić information content (AvgIpc) is 3.33. The SMILES string of the molecule is CN1CCN(c2cccc(C(=O)NN(c3nc(C#N)ncc3Cl)C3CCCC3)n2)CC1. The monoisotopic (exact) mass is 440 g/mol. The number of carbonyl (C=O) groups excluding carboxylic acids is 1. The Morgan fingerprint density at radius 1 is 1.23 bits per heavy atom. The van der Waals surface area contributed by atoms with E-state index in [1.807, 2.05) is 18.2 Å². The quantitative estimate of drug-likeness (QED) is 0.706. The highest BCUT2D eigenvalue weighted by Crippen LogP contribution is 2.30. The van der Waals surface area contributed by atoms with Crippen molar-refractivity contribution in [1.82, 2.24) is 25.3 Å². The fraction of sp³-hybridized carbons (Fsp3) is 0.476. The minimum Gasteiger partial charge on any atom is -0.354 e. The summed E-state index contributed by atoms with van der Waals surface area (Å²) in [5.74, 6) is 0.798. The molecule has 3 heterocycles. The van der Waals surface area contributed by atoms with Crippen LogP contribution in [0.2, 0.25) is 5.02 Å². The number of aromatic nitrogens is 3. The number of likely N-dealkylation sites (N-methyl/N-ethyl adjacent to an activating group) is 1. The van der Waals surface area contributed by atoms with Crippen molar-refractivity contribution in [2.24, 2.45) is 0 Å². The first-order valence-corrected chi connectivity index (χ1v) is 10.9. The first kappa shape index (κ1) is 21.3. The van der Waals surface area contributed by atoms with E-state index in [9.17, 15) is 10.1 Å². The van der Waals surface area contributed by atoms with Crippen LogP contribution in [0.15, 0.2) is 24.4 Å². The maximum atomic E-state index is 13.1. The lowest BCUT2D eigenvalue weighted by Gasteiger charge is -2.33. The summed E-state index contributed by atoms with van der Waals surface area (Å²) in [6, 6.07) is 7.45. The molecule has 0 aromatic carbocycles. The molecule has 1 amide bonds. The van der Waals surface area contributed by atoms with Gasteiger partial charge in [-0.2, -0.15) is 10.2 Å². The number of anilines is 2. The van der Waals surface area contributed by atoms with E-state index in [1.54, 1.807) is 11.1 Å². The van der Waals surface area contributed by atoms with Crippen LogP contribution in [0.4, 0.5) is 11.6 Å². The number of amides is 1. The molecule has 0 bridgehead atoms. The molecule has 0 spiro atoms. The first-order chi connectivity index (χ1) is 15.0. The fourth-order valence-corrected chi connectivity index (χ4v) is 4.17. The van der Waals surface area contributed by atoms with Gasteiger partial charge in [0.25, 0.3) is 5.91 Å². The van der Waals surface area contributed by atoms with Crippen LogP contribution in [-0.2, 0) is 0 Å². The number of nitrogens with one attached hydrogen (secondary N) is 1. The van der Waals surface area contributed by atoms with Crippen LogP contribution in [0.1, 0.15) is 42.0 Å². The smallest absolute Gasteiger partial charge is 0.288 e. The Labute approximate surface area is 186 Å². The van der Waals surface area contributed by atoms with E-state index in [2.05, 4.69) is 37.2 Å². The van der Waals surface area contributed by atoms with Crippen molar-refractivity contribution >= 4 is 29.1 Å². The van der Waals surface area contributed by atoms with Gasteiger partial charge in [-0.05, 0) is 32.0 Å². The Morgan fingerprint density at radius 3 is 2.68 bits per heavy atom. The summed E-state index contributed by atoms with van der Waals surface area (Å²) in [4.78, 5) is 30.4. The van der Waals surface area contributed by atoms with Gasteiger partial charge < -0.3 is 9.80 Å². The molecule has 31 heavy (non-hydrogen) atoms. The van der Waals surface area contributed by atoms with E-state index in [0.29, 0.717) is 11.5 Å². The first-order valence-electron chi connectivity index (χ1n) is 10.5. The van der Waals surface area contributed by atoms with Crippen molar-refractivity contribution < 1.29 is 4.79 Å². The molecule has 2 aromatic heterocycles. The molecule has 162 valence electrons. The third kappa shape index (κ3) is 4.86. The number of nitriles is 1. The standard InChI is InChI=1S/C21H25ClN8O/c1-28-9-11-29(12-10-28)19-8-4-7-17(25-19)21(31)27-30(15-5-2-3-6-15)20-16(22)14-24-18(13-23)26-20/h4,7-8,14-15H,2-3,5-6,9-12H2,1H3,(H,27,31). The van der Waals surface area contributed by atoms with Crippen molar-refractivity contribution in [3.63, 3.8) is 0 Å². The molecule has 1 aliphatic heterocycles. The number of halogens is 1. The average molecular weight is 441 g/mol. The van der Waals surface area contributed by atoms with Crippen LogP contribution in [0, 0.1) is 11.3 Å². The predicted molar refractivity (Wildman–Crippen MR) is 118 cm³/mol. The third-order valence-corrected chi connectivity index (χ3v) is 6.03. The number of hydrazine groups is 1. The fourth-order valence-electron chi connectivity index (χ4n) is 3.99. The zero-order valence-electron chi connectivity index (χ0n) is 17.5. The topological polar surface area (TPSA) is 101 Å². The lowest BCUT2D eigenvalue weighted by Crippen LogP contribution is -2.49. The van der Waals surface area contributed by atoms with Crippen molar-refractivity contribution in [2.45, 2.75) is 31.7 Å². The van der Waals surface area contributed by atoms with Gasteiger partial charge in [0.05, 0.1) is 12.2 Å². The molecular formula is C21H25ClN8O. The highest BCUT2D eigenvalue weighted by atomic mass is 35.5. The number of pyridine rings is 1. The minimum atomic E-state index is -0.337. The molecule has 1 N–H and O–H groups in total. The van der Waals surface area contributed by atoms with Gasteiger partial charge in [-0.3, -0.25) is 15.2 Å². The molecule has 10 heteroatoms. The summed E-state index contributed by atoms with van der Waals surface area (Å²) in [5, 5.41) is 11.2. The van der Waals surface area contributed by atoms with E-state index in [1.165, 1.54) is 6.20 Å². The van der Waals surface area contributed by atoms with E-state index in [-0.39, 0.29) is 22.8 Å². The van der Waals surface area contributed by atoms with Gasteiger partial charge in [0.1, 0.15) is 22.6 Å². The molecule has 0 unspecified atom stereocenters. The summed E-state index contributed by atoms with van der Waals surface area (Å²) < 4.78 is 0. The number of hydrogen-bond acceptors (Lipinski definition) is 8. The summed E-state index contributed by atoms with van der Waals surface area (Å²) in [7, 11) is 2.10. The van der Waals surface area contributed by atoms with Gasteiger partial charge in [0.2, 0.25) is 5.82 Å². The zero-order chi connectivity index (χ0) is 21.8. The number of hydrogen-bond donors (Lipinski definition) is 1. The molecule has 4 rings (SSSR count). The van der Waals surface area contributed by atoms with Gasteiger partial charge in [0, 0.05) is 26.2 Å². The van der Waals surface area contributed by atoms with Crippen LogP contribution in [0.3, 0.4) is 0 Å². The maximum Gasteiger partial charge on any atom is 0.288 e. The van der Waals surface area contributed by atoms with Crippen LogP contribution >= 0.6 is 11.6 Å². The molecule has 2 fully saturated rings. The van der Waals surface area contributed by atoms with Crippen molar-refractivity contribution in [1.29, 1.82) is 5.26 Å². The molecule has 9 nitrogen and oxygen atoms in total. The van der Waals surface area contributed by atoms with Crippen LogP contribution in [0.25, 0.3) is 0 Å². The lowest BCUT2D eigenvalue weighted by molar-refractivity contribution is 0.0939. The van der Waals surface area contributed by atoms with Gasteiger partial charge in [-0.25, -0.2) is 9.97 Å². The van der Waals surface area contributed by atoms with Crippen molar-refractivity contribution in [2.75, 3.05) is 43.1 Å². The van der Waals surface area contributed by atoms with Crippen molar-refractivity contribution in [3.05, 3.63) is 40.9 Å². The maximum absolute atomic E-state index is 13.1. The Bertz CT molecular complexity index is 980. The van der Waals surface area contributed by atoms with E-state index in [0.717, 1.165) is 57.7 Å². The molecular weight excluding hydrogens is 416 g/mol. The number of piperazine rings is 1. The van der Waals surface area contributed by atoms with E-state index >= 15 is 0 Å². The highest BCUT2D eigenvalue weighted by molar-refractivity contribution is 6.32. The molecule has 1 aliphatic carbocycles. The van der Waals surface area contributed by atoms with Gasteiger partial charge in [0.15, 0.2) is 5.82 Å². The van der Waals surface area contributed by atoms with E-state index < -0.39 is 0 Å². The van der Waals surface area contributed by atoms with Crippen LogP contribution in [-0.4, -0.2) is 65.0 Å². The Balaban J connectivity index is 1.57. The summed E-state index contributed by atoms with van der Waals surface area (Å²) in [6.07, 6.45) is 5.31. The van der Waals surface area contributed by atoms with Gasteiger partial charge >= 0.3 is 0 Å². The Morgan fingerprint density at radius 2 is 1.97 bits per heavy atom. The predicted octanol–water partition coefficient (Wildman–Crippen LogP) is 2.24. The normalized spacial score (nSPS) is 17.4. The van der Waals surface area contributed by atoms with Gasteiger partial charge in [-0.15, -0.1) is 0 Å². The van der Waals surface area contributed by atoms with Crippen molar-refractivity contribution in [3.8, 4) is 6.07 Å². The number of carbonyl (C=O) groups is 1. The minimum absolute atomic E-state index is 0.00633. The summed E-state index contributed by atoms with van der Waals surface area (Å²) in [6.45, 7) is 3.66. The van der Waals surface area contributed by atoms with E-state index in [4.69, 9.17) is 11.6 Å². The molecule has 2 aliphatic rings. The Hall–Kier alpha value is -2.96. The number of rotatable bonds is 5. The summed E-state index contributed by atoms with van der Waals surface area (Å²) >= 11 is 6.34.